The van der Waals surface area contributed by atoms with Crippen LogP contribution in [-0.4, -0.2) is 11.6 Å². The average molecular weight is 328 g/mol. The summed E-state index contributed by atoms with van der Waals surface area (Å²) < 4.78 is 0. The van der Waals surface area contributed by atoms with Crippen molar-refractivity contribution in [2.45, 2.75) is 0 Å². The predicted molar refractivity (Wildman–Crippen MR) is 84.2 cm³/mol. The van der Waals surface area contributed by atoms with E-state index in [4.69, 9.17) is 34.8 Å². The van der Waals surface area contributed by atoms with Gasteiger partial charge in [0.15, 0.2) is 0 Å². The van der Waals surface area contributed by atoms with Crippen LogP contribution in [0.4, 0.5) is 10.5 Å². The van der Waals surface area contributed by atoms with Gasteiger partial charge in [-0.1, -0.05) is 53.5 Å². The van der Waals surface area contributed by atoms with Crippen LogP contribution in [0.25, 0.3) is 0 Å². The highest BCUT2D eigenvalue weighted by atomic mass is 35.5. The van der Waals surface area contributed by atoms with Gasteiger partial charge >= 0.3 is 5.37 Å². The average Bonchev–Trinajstić information content (AvgIpc) is 2.43. The Labute approximate surface area is 131 Å². The van der Waals surface area contributed by atoms with Crippen LogP contribution in [0.3, 0.4) is 0 Å². The zero-order valence-corrected chi connectivity index (χ0v) is 12.4. The maximum Gasteiger partial charge on any atom is 0.341 e. The van der Waals surface area contributed by atoms with E-state index in [0.29, 0.717) is 15.7 Å². The van der Waals surface area contributed by atoms with E-state index >= 15 is 0 Å². The summed E-state index contributed by atoms with van der Waals surface area (Å²) >= 11 is 17.3. The maximum absolute atomic E-state index is 11.5. The Kier molecular flexibility index (Phi) is 5.01. The first-order valence-corrected chi connectivity index (χ1v) is 6.75. The number of hydrogen-bond acceptors (Lipinski definition) is 2. The van der Waals surface area contributed by atoms with E-state index in [1.54, 1.807) is 12.1 Å². The molecule has 0 saturated carbocycles. The molecule has 0 bridgehead atoms. The van der Waals surface area contributed by atoms with E-state index in [1.807, 2.05) is 30.3 Å². The van der Waals surface area contributed by atoms with Gasteiger partial charge in [0, 0.05) is 0 Å². The van der Waals surface area contributed by atoms with Crippen molar-refractivity contribution in [3.63, 3.8) is 0 Å². The van der Waals surface area contributed by atoms with Gasteiger partial charge in [-0.15, -0.1) is 0 Å². The molecule has 0 aliphatic heterocycles. The number of carbonyl (C=O) groups is 1. The van der Waals surface area contributed by atoms with Crippen molar-refractivity contribution in [3.05, 3.63) is 64.1 Å². The summed E-state index contributed by atoms with van der Waals surface area (Å²) in [5, 5.41) is 5.07. The second kappa shape index (κ2) is 6.75. The Balaban J connectivity index is 2.30. The molecular formula is C14H9Cl3N2O. The van der Waals surface area contributed by atoms with E-state index < -0.39 is 5.37 Å². The molecule has 0 aliphatic rings. The third-order valence-corrected chi connectivity index (χ3v) is 3.34. The molecule has 1 amide bonds. The topological polar surface area (TPSA) is 32.7 Å². The van der Waals surface area contributed by atoms with Gasteiger partial charge < -0.3 is 0 Å². The molecule has 0 aromatic heterocycles. The van der Waals surface area contributed by atoms with Crippen molar-refractivity contribution in [2.75, 3.05) is 5.01 Å². The maximum atomic E-state index is 11.5. The van der Waals surface area contributed by atoms with Crippen molar-refractivity contribution in [1.29, 1.82) is 0 Å². The molecule has 0 radical (unpaired) electrons. The molecule has 2 rings (SSSR count). The fourth-order valence-corrected chi connectivity index (χ4v) is 1.93. The molecule has 0 fully saturated rings. The Hall–Kier alpha value is -1.55. The van der Waals surface area contributed by atoms with Crippen LogP contribution >= 0.6 is 34.8 Å². The largest absolute Gasteiger partial charge is 0.341 e. The molecule has 2 aromatic rings. The second-order valence-corrected chi connectivity index (χ2v) is 4.96. The Morgan fingerprint density at radius 1 is 1.05 bits per heavy atom. The van der Waals surface area contributed by atoms with Crippen LogP contribution < -0.4 is 5.01 Å². The lowest BCUT2D eigenvalue weighted by atomic mass is 10.2. The van der Waals surface area contributed by atoms with Crippen molar-refractivity contribution in [3.8, 4) is 0 Å². The normalized spacial score (nSPS) is 10.8. The number of halogens is 3. The minimum absolute atomic E-state index is 0.321. The minimum Gasteiger partial charge on any atom is -0.253 e. The Morgan fingerprint density at radius 3 is 2.35 bits per heavy atom. The predicted octanol–water partition coefficient (Wildman–Crippen LogP) is 5.19. The molecule has 0 N–H and O–H groups in total. The third kappa shape index (κ3) is 3.73. The van der Waals surface area contributed by atoms with Crippen molar-refractivity contribution < 1.29 is 4.79 Å². The van der Waals surface area contributed by atoms with Gasteiger partial charge in [0.25, 0.3) is 0 Å². The Morgan fingerprint density at radius 2 is 1.75 bits per heavy atom. The molecule has 6 heteroatoms. The van der Waals surface area contributed by atoms with Gasteiger partial charge in [0.05, 0.1) is 21.9 Å². The molecule has 0 heterocycles. The summed E-state index contributed by atoms with van der Waals surface area (Å²) in [6.07, 6.45) is 1.53. The highest BCUT2D eigenvalue weighted by molar-refractivity contribution is 6.66. The summed E-state index contributed by atoms with van der Waals surface area (Å²) in [7, 11) is 0. The van der Waals surface area contributed by atoms with Crippen LogP contribution in [0, 0.1) is 0 Å². The van der Waals surface area contributed by atoms with E-state index in [0.717, 1.165) is 10.6 Å². The molecule has 0 spiro atoms. The lowest BCUT2D eigenvalue weighted by Crippen LogP contribution is -2.19. The summed E-state index contributed by atoms with van der Waals surface area (Å²) in [5.74, 6) is 0. The van der Waals surface area contributed by atoms with E-state index in [2.05, 4.69) is 5.10 Å². The number of amides is 1. The lowest BCUT2D eigenvalue weighted by Gasteiger charge is -2.14. The quantitative estimate of drug-likeness (QED) is 0.330. The fourth-order valence-electron chi connectivity index (χ4n) is 1.49. The molecule has 0 unspecified atom stereocenters. The molecule has 0 atom stereocenters. The smallest absolute Gasteiger partial charge is 0.253 e. The van der Waals surface area contributed by atoms with E-state index in [9.17, 15) is 4.79 Å². The molecular weight excluding hydrogens is 319 g/mol. The number of anilines is 1. The monoisotopic (exact) mass is 326 g/mol. The number of nitrogens with zero attached hydrogens (tertiary/aromatic N) is 2. The van der Waals surface area contributed by atoms with Crippen LogP contribution in [0.15, 0.2) is 53.6 Å². The summed E-state index contributed by atoms with van der Waals surface area (Å²) in [6.45, 7) is 0. The van der Waals surface area contributed by atoms with Gasteiger partial charge in [0.1, 0.15) is 0 Å². The van der Waals surface area contributed by atoms with Gasteiger partial charge in [-0.2, -0.15) is 10.1 Å². The summed E-state index contributed by atoms with van der Waals surface area (Å²) in [6, 6.07) is 14.0. The van der Waals surface area contributed by atoms with Gasteiger partial charge in [-0.25, -0.2) is 0 Å². The van der Waals surface area contributed by atoms with Crippen LogP contribution in [0.1, 0.15) is 5.56 Å². The zero-order chi connectivity index (χ0) is 14.5. The van der Waals surface area contributed by atoms with Gasteiger partial charge in [-0.05, 0) is 35.4 Å². The summed E-state index contributed by atoms with van der Waals surface area (Å²) in [4.78, 5) is 11.5. The number of hydrogen-bond donors (Lipinski definition) is 0. The van der Waals surface area contributed by atoms with Crippen LogP contribution in [0.2, 0.25) is 10.0 Å². The second-order valence-electron chi connectivity index (χ2n) is 3.82. The number of benzene rings is 2. The number of hydrazone groups is 1. The minimum atomic E-state index is -0.740. The Bertz CT molecular complexity index is 644. The van der Waals surface area contributed by atoms with Crippen molar-refractivity contribution >= 4 is 52.1 Å². The highest BCUT2D eigenvalue weighted by Gasteiger charge is 2.13. The first-order chi connectivity index (χ1) is 9.58. The molecule has 20 heavy (non-hydrogen) atoms. The van der Waals surface area contributed by atoms with Crippen molar-refractivity contribution in [2.24, 2.45) is 5.10 Å². The highest BCUT2D eigenvalue weighted by Crippen LogP contribution is 2.28. The first kappa shape index (κ1) is 14.9. The number of rotatable bonds is 3. The number of carbonyl (C=O) groups excluding carboxylic acids is 1. The van der Waals surface area contributed by atoms with Gasteiger partial charge in [-0.3, -0.25) is 4.79 Å². The third-order valence-electron chi connectivity index (χ3n) is 2.44. The molecule has 102 valence electrons. The van der Waals surface area contributed by atoms with Crippen LogP contribution in [0.5, 0.6) is 0 Å². The first-order valence-electron chi connectivity index (χ1n) is 5.61. The lowest BCUT2D eigenvalue weighted by molar-refractivity contribution is 0.264. The zero-order valence-electron chi connectivity index (χ0n) is 10.1. The SMILES string of the molecule is O=C(Cl)N(N=Cc1ccccc1)c1ccc(Cl)c(Cl)c1. The molecule has 3 nitrogen and oxygen atoms in total. The van der Waals surface area contributed by atoms with E-state index in [-0.39, 0.29) is 0 Å². The molecule has 0 aliphatic carbocycles. The van der Waals surface area contributed by atoms with Crippen LogP contribution in [-0.2, 0) is 0 Å². The standard InChI is InChI=1S/C14H9Cl3N2O/c15-12-7-6-11(8-13(12)16)19(14(17)20)18-9-10-4-2-1-3-5-10/h1-9H. The van der Waals surface area contributed by atoms with Gasteiger partial charge in [0.2, 0.25) is 0 Å². The molecule has 2 aromatic carbocycles. The van der Waals surface area contributed by atoms with E-state index in [1.165, 1.54) is 12.3 Å². The fraction of sp³-hybridized carbons (Fsp3) is 0. The summed E-state index contributed by atoms with van der Waals surface area (Å²) in [5.41, 5.74) is 1.28. The molecule has 0 saturated heterocycles. The van der Waals surface area contributed by atoms with Crippen molar-refractivity contribution in [1.82, 2.24) is 0 Å².